The summed E-state index contributed by atoms with van der Waals surface area (Å²) in [5.41, 5.74) is 10.2. The molecule has 142 valence electrons. The zero-order chi connectivity index (χ0) is 19.2. The molecule has 1 heterocycles. The number of halogens is 2. The Bertz CT molecular complexity index is 837. The van der Waals surface area contributed by atoms with Crippen LogP contribution in [0.2, 0.25) is 5.02 Å². The molecular weight excluding hydrogens is 385 g/mol. The molecule has 5 nitrogen and oxygen atoms in total. The molecule has 3 rings (SSSR count). The van der Waals surface area contributed by atoms with Crippen LogP contribution in [-0.4, -0.2) is 42.4 Å². The van der Waals surface area contributed by atoms with Crippen molar-refractivity contribution in [3.05, 3.63) is 64.4 Å². The smallest absolute Gasteiger partial charge is 0.184 e. The number of rotatable bonds is 5. The van der Waals surface area contributed by atoms with Crippen LogP contribution in [-0.2, 0) is 6.54 Å². The van der Waals surface area contributed by atoms with E-state index in [1.54, 1.807) is 6.07 Å². The van der Waals surface area contributed by atoms with Crippen LogP contribution >= 0.6 is 23.8 Å². The lowest BCUT2D eigenvalue weighted by atomic mass is 10.1. The number of nitrogens with two attached hydrogens (primary N) is 1. The first kappa shape index (κ1) is 19.5. The van der Waals surface area contributed by atoms with E-state index in [0.29, 0.717) is 11.3 Å². The fraction of sp³-hybridized carbons (Fsp3) is 0.263. The van der Waals surface area contributed by atoms with Gasteiger partial charge in [-0.05, 0) is 47.6 Å². The van der Waals surface area contributed by atoms with Gasteiger partial charge in [-0.25, -0.2) is 4.39 Å². The van der Waals surface area contributed by atoms with E-state index in [4.69, 9.17) is 17.3 Å². The van der Waals surface area contributed by atoms with E-state index in [2.05, 4.69) is 38.6 Å². The van der Waals surface area contributed by atoms with E-state index in [9.17, 15) is 4.39 Å². The van der Waals surface area contributed by atoms with Crippen molar-refractivity contribution in [2.75, 3.05) is 31.1 Å². The number of anilines is 1. The predicted molar refractivity (Wildman–Crippen MR) is 113 cm³/mol. The molecule has 0 aromatic heterocycles. The van der Waals surface area contributed by atoms with Crippen LogP contribution in [0.5, 0.6) is 0 Å². The fourth-order valence-corrected chi connectivity index (χ4v) is 3.34. The summed E-state index contributed by atoms with van der Waals surface area (Å²) < 4.78 is 14.5. The second kappa shape index (κ2) is 9.12. The van der Waals surface area contributed by atoms with Crippen molar-refractivity contribution in [3.8, 4) is 0 Å². The third kappa shape index (κ3) is 5.63. The van der Waals surface area contributed by atoms with Crippen LogP contribution in [0.15, 0.2) is 47.6 Å². The summed E-state index contributed by atoms with van der Waals surface area (Å²) in [6.07, 6.45) is 1.48. The SMILES string of the molecule is NC(=S)N/N=C/c1ccc(N2CCN(Cc3cccc(Cl)c3)CC2)c(F)c1. The van der Waals surface area contributed by atoms with Crippen molar-refractivity contribution in [2.45, 2.75) is 6.54 Å². The fourth-order valence-electron chi connectivity index (χ4n) is 3.07. The molecule has 1 fully saturated rings. The zero-order valence-corrected chi connectivity index (χ0v) is 16.3. The van der Waals surface area contributed by atoms with Crippen LogP contribution in [0.3, 0.4) is 0 Å². The highest BCUT2D eigenvalue weighted by Crippen LogP contribution is 2.22. The Morgan fingerprint density at radius 1 is 1.22 bits per heavy atom. The van der Waals surface area contributed by atoms with E-state index in [-0.39, 0.29) is 10.9 Å². The Balaban J connectivity index is 1.57. The first-order valence-corrected chi connectivity index (χ1v) is 9.40. The van der Waals surface area contributed by atoms with E-state index in [0.717, 1.165) is 37.7 Å². The maximum absolute atomic E-state index is 14.5. The number of nitrogens with zero attached hydrogens (tertiary/aromatic N) is 3. The molecule has 1 aliphatic heterocycles. The highest BCUT2D eigenvalue weighted by Gasteiger charge is 2.19. The normalized spacial score (nSPS) is 15.3. The molecule has 3 N–H and O–H groups in total. The summed E-state index contributed by atoms with van der Waals surface area (Å²) in [4.78, 5) is 4.42. The minimum atomic E-state index is -0.266. The van der Waals surface area contributed by atoms with Gasteiger partial charge in [-0.15, -0.1) is 0 Å². The van der Waals surface area contributed by atoms with Crippen molar-refractivity contribution in [3.63, 3.8) is 0 Å². The van der Waals surface area contributed by atoms with Crippen molar-refractivity contribution in [2.24, 2.45) is 10.8 Å². The number of benzene rings is 2. The molecular formula is C19H21ClFN5S. The van der Waals surface area contributed by atoms with Gasteiger partial charge in [0.1, 0.15) is 5.82 Å². The van der Waals surface area contributed by atoms with Crippen molar-refractivity contribution < 1.29 is 4.39 Å². The Hall–Kier alpha value is -2.22. The molecule has 0 bridgehead atoms. The number of hydrogen-bond donors (Lipinski definition) is 2. The summed E-state index contributed by atoms with van der Waals surface area (Å²) in [7, 11) is 0. The lowest BCUT2D eigenvalue weighted by molar-refractivity contribution is 0.249. The molecule has 0 spiro atoms. The number of thiocarbonyl (C=S) groups is 1. The lowest BCUT2D eigenvalue weighted by Gasteiger charge is -2.36. The maximum Gasteiger partial charge on any atom is 0.184 e. The third-order valence-electron chi connectivity index (χ3n) is 4.37. The van der Waals surface area contributed by atoms with Gasteiger partial charge in [0.05, 0.1) is 11.9 Å². The number of hydrazone groups is 1. The molecule has 0 radical (unpaired) electrons. The molecule has 2 aromatic rings. The number of nitrogens with one attached hydrogen (secondary N) is 1. The quantitative estimate of drug-likeness (QED) is 0.455. The van der Waals surface area contributed by atoms with Crippen LogP contribution in [0.4, 0.5) is 10.1 Å². The average Bonchev–Trinajstić information content (AvgIpc) is 2.62. The molecule has 0 amide bonds. The molecule has 0 aliphatic carbocycles. The molecule has 1 aliphatic rings. The first-order chi connectivity index (χ1) is 13.0. The van der Waals surface area contributed by atoms with Gasteiger partial charge in [-0.3, -0.25) is 10.3 Å². The highest BCUT2D eigenvalue weighted by atomic mass is 35.5. The van der Waals surface area contributed by atoms with Gasteiger partial charge in [-0.1, -0.05) is 29.8 Å². The summed E-state index contributed by atoms with van der Waals surface area (Å²) in [5.74, 6) is -0.266. The molecule has 2 aromatic carbocycles. The summed E-state index contributed by atoms with van der Waals surface area (Å²) in [6.45, 7) is 4.13. The maximum atomic E-state index is 14.5. The van der Waals surface area contributed by atoms with Crippen LogP contribution in [0.25, 0.3) is 0 Å². The van der Waals surface area contributed by atoms with Crippen LogP contribution in [0, 0.1) is 5.82 Å². The molecule has 8 heteroatoms. The Kier molecular flexibility index (Phi) is 6.60. The number of piperazine rings is 1. The van der Waals surface area contributed by atoms with E-state index < -0.39 is 0 Å². The Labute approximate surface area is 168 Å². The average molecular weight is 406 g/mol. The number of hydrogen-bond acceptors (Lipinski definition) is 4. The van der Waals surface area contributed by atoms with E-state index in [1.165, 1.54) is 17.8 Å². The van der Waals surface area contributed by atoms with E-state index >= 15 is 0 Å². The summed E-state index contributed by atoms with van der Waals surface area (Å²) >= 11 is 10.7. The minimum Gasteiger partial charge on any atom is -0.375 e. The van der Waals surface area contributed by atoms with Gasteiger partial charge in [-0.2, -0.15) is 5.10 Å². The highest BCUT2D eigenvalue weighted by molar-refractivity contribution is 7.80. The van der Waals surface area contributed by atoms with Gasteiger partial charge >= 0.3 is 0 Å². The van der Waals surface area contributed by atoms with Crippen LogP contribution in [0.1, 0.15) is 11.1 Å². The Morgan fingerprint density at radius 3 is 2.67 bits per heavy atom. The van der Waals surface area contributed by atoms with Gasteiger partial charge < -0.3 is 10.6 Å². The van der Waals surface area contributed by atoms with Gasteiger partial charge in [0.15, 0.2) is 5.11 Å². The minimum absolute atomic E-state index is 0.0685. The van der Waals surface area contributed by atoms with Crippen molar-refractivity contribution in [1.82, 2.24) is 10.3 Å². The molecule has 27 heavy (non-hydrogen) atoms. The topological polar surface area (TPSA) is 56.9 Å². The van der Waals surface area contributed by atoms with E-state index in [1.807, 2.05) is 24.3 Å². The monoisotopic (exact) mass is 405 g/mol. The van der Waals surface area contributed by atoms with Gasteiger partial charge in [0, 0.05) is 37.7 Å². The molecule has 0 atom stereocenters. The van der Waals surface area contributed by atoms with Crippen LogP contribution < -0.4 is 16.1 Å². The van der Waals surface area contributed by atoms with Gasteiger partial charge in [0.25, 0.3) is 0 Å². The molecule has 0 unspecified atom stereocenters. The summed E-state index contributed by atoms with van der Waals surface area (Å²) in [6, 6.07) is 13.0. The largest absolute Gasteiger partial charge is 0.375 e. The summed E-state index contributed by atoms with van der Waals surface area (Å²) in [5, 5.41) is 4.66. The molecule has 0 saturated carbocycles. The predicted octanol–water partition coefficient (Wildman–Crippen LogP) is 2.97. The molecule has 1 saturated heterocycles. The Morgan fingerprint density at radius 2 is 2.00 bits per heavy atom. The van der Waals surface area contributed by atoms with Crippen molar-refractivity contribution >= 4 is 40.8 Å². The lowest BCUT2D eigenvalue weighted by Crippen LogP contribution is -2.46. The zero-order valence-electron chi connectivity index (χ0n) is 14.7. The van der Waals surface area contributed by atoms with Gasteiger partial charge in [0.2, 0.25) is 0 Å². The standard InChI is InChI=1S/C19H21ClFN5S/c20-16-3-1-2-15(10-16)13-25-6-8-26(9-7-25)18-5-4-14(11-17(18)21)12-23-24-19(22)27/h1-5,10-12H,6-9,13H2,(H3,22,24,27)/b23-12+. The second-order valence-electron chi connectivity index (χ2n) is 6.34. The van der Waals surface area contributed by atoms with Crippen molar-refractivity contribution in [1.29, 1.82) is 0 Å². The first-order valence-electron chi connectivity index (χ1n) is 8.61. The second-order valence-corrected chi connectivity index (χ2v) is 7.21. The third-order valence-corrected chi connectivity index (χ3v) is 4.69.